The van der Waals surface area contributed by atoms with Crippen LogP contribution in [0, 0.1) is 5.82 Å². The summed E-state index contributed by atoms with van der Waals surface area (Å²) < 4.78 is 18.8. The first-order valence-corrected chi connectivity index (χ1v) is 6.99. The van der Waals surface area contributed by atoms with Crippen molar-refractivity contribution in [2.45, 2.75) is 26.4 Å². The zero-order valence-electron chi connectivity index (χ0n) is 12.9. The van der Waals surface area contributed by atoms with E-state index in [9.17, 15) is 4.39 Å². The maximum atomic E-state index is 13.5. The van der Waals surface area contributed by atoms with Crippen LogP contribution in [0.2, 0.25) is 0 Å². The minimum Gasteiger partial charge on any atom is -0.496 e. The molecule has 0 amide bonds. The molecule has 1 heterocycles. The van der Waals surface area contributed by atoms with Crippen LogP contribution in [-0.2, 0) is 6.54 Å². The molecule has 0 unspecified atom stereocenters. The fourth-order valence-electron chi connectivity index (χ4n) is 2.10. The lowest BCUT2D eigenvalue weighted by Crippen LogP contribution is -2.25. The maximum Gasteiger partial charge on any atom is 0.126 e. The predicted molar refractivity (Wildman–Crippen MR) is 82.8 cm³/mol. The molecule has 0 radical (unpaired) electrons. The third-order valence-corrected chi connectivity index (χ3v) is 3.58. The summed E-state index contributed by atoms with van der Waals surface area (Å²) in [5.41, 5.74) is 2.68. The van der Waals surface area contributed by atoms with Gasteiger partial charge in [0.05, 0.1) is 7.11 Å². The van der Waals surface area contributed by atoms with Crippen molar-refractivity contribution in [2.24, 2.45) is 0 Å². The number of methoxy groups -OCH3 is 1. The first kappa shape index (κ1) is 15.4. The second-order valence-electron chi connectivity index (χ2n) is 5.44. The maximum absolute atomic E-state index is 13.5. The van der Waals surface area contributed by atoms with Crippen molar-refractivity contribution < 1.29 is 9.13 Å². The Labute approximate surface area is 125 Å². The summed E-state index contributed by atoms with van der Waals surface area (Å²) in [5.74, 6) is 0.364. The fourth-order valence-corrected chi connectivity index (χ4v) is 2.10. The first-order chi connectivity index (χ1) is 10.0. The van der Waals surface area contributed by atoms with E-state index in [2.05, 4.69) is 30.8 Å². The van der Waals surface area contributed by atoms with Gasteiger partial charge in [-0.15, -0.1) is 0 Å². The van der Waals surface area contributed by atoms with E-state index in [0.717, 1.165) is 23.2 Å². The Balaban J connectivity index is 2.35. The number of hydrogen-bond donors (Lipinski definition) is 0. The monoisotopic (exact) mass is 288 g/mol. The lowest BCUT2D eigenvalue weighted by molar-refractivity contribution is 0.265. The molecule has 2 aromatic rings. The van der Waals surface area contributed by atoms with E-state index in [4.69, 9.17) is 4.74 Å². The van der Waals surface area contributed by atoms with E-state index in [1.807, 2.05) is 12.3 Å². The molecule has 0 atom stereocenters. The topological polar surface area (TPSA) is 25.4 Å². The Morgan fingerprint density at radius 2 is 2.00 bits per heavy atom. The lowest BCUT2D eigenvalue weighted by Gasteiger charge is -2.21. The van der Waals surface area contributed by atoms with E-state index in [1.165, 1.54) is 12.1 Å². The predicted octanol–water partition coefficient (Wildman–Crippen LogP) is 3.74. The van der Waals surface area contributed by atoms with Gasteiger partial charge in [-0.1, -0.05) is 0 Å². The van der Waals surface area contributed by atoms with Crippen molar-refractivity contribution in [3.8, 4) is 16.9 Å². The van der Waals surface area contributed by atoms with E-state index in [1.54, 1.807) is 19.4 Å². The van der Waals surface area contributed by atoms with Crippen molar-refractivity contribution >= 4 is 0 Å². The summed E-state index contributed by atoms with van der Waals surface area (Å²) in [5, 5.41) is 0. The third kappa shape index (κ3) is 3.79. The van der Waals surface area contributed by atoms with Crippen LogP contribution in [0.3, 0.4) is 0 Å². The van der Waals surface area contributed by atoms with Crippen molar-refractivity contribution in [2.75, 3.05) is 14.2 Å². The van der Waals surface area contributed by atoms with Gasteiger partial charge in [0.2, 0.25) is 0 Å². The molecule has 0 aliphatic heterocycles. The molecule has 0 aliphatic rings. The summed E-state index contributed by atoms with van der Waals surface area (Å²) in [6.45, 7) is 5.09. The van der Waals surface area contributed by atoms with Crippen LogP contribution in [0.15, 0.2) is 36.7 Å². The van der Waals surface area contributed by atoms with Crippen LogP contribution in [0.25, 0.3) is 11.1 Å². The Kier molecular flexibility index (Phi) is 4.91. The number of hydrogen-bond acceptors (Lipinski definition) is 3. The third-order valence-electron chi connectivity index (χ3n) is 3.58. The average Bonchev–Trinajstić information content (AvgIpc) is 2.47. The number of halogens is 1. The van der Waals surface area contributed by atoms with Gasteiger partial charge in [-0.25, -0.2) is 4.39 Å². The number of pyridine rings is 1. The Morgan fingerprint density at radius 1 is 1.24 bits per heavy atom. The number of ether oxygens (including phenoxy) is 1. The second-order valence-corrected chi connectivity index (χ2v) is 5.44. The van der Waals surface area contributed by atoms with Crippen molar-refractivity contribution in [1.82, 2.24) is 9.88 Å². The van der Waals surface area contributed by atoms with Crippen LogP contribution < -0.4 is 4.74 Å². The van der Waals surface area contributed by atoms with Gasteiger partial charge >= 0.3 is 0 Å². The first-order valence-electron chi connectivity index (χ1n) is 6.99. The van der Waals surface area contributed by atoms with Crippen LogP contribution in [-0.4, -0.2) is 30.1 Å². The SMILES string of the molecule is COc1ccc(F)cc1-c1cncc(CN(C)C(C)C)c1. The highest BCUT2D eigenvalue weighted by Gasteiger charge is 2.10. The molecular weight excluding hydrogens is 267 g/mol. The van der Waals surface area contributed by atoms with Crippen LogP contribution in [0.4, 0.5) is 4.39 Å². The van der Waals surface area contributed by atoms with Crippen LogP contribution in [0.5, 0.6) is 5.75 Å². The summed E-state index contributed by atoms with van der Waals surface area (Å²) in [4.78, 5) is 6.50. The van der Waals surface area contributed by atoms with Crippen molar-refractivity contribution in [1.29, 1.82) is 0 Å². The molecular formula is C17H21FN2O. The molecule has 0 saturated carbocycles. The van der Waals surface area contributed by atoms with Gasteiger partial charge in [0.25, 0.3) is 0 Å². The summed E-state index contributed by atoms with van der Waals surface area (Å²) in [7, 11) is 3.65. The quantitative estimate of drug-likeness (QED) is 0.838. The van der Waals surface area contributed by atoms with Crippen molar-refractivity contribution in [3.63, 3.8) is 0 Å². The van der Waals surface area contributed by atoms with Crippen LogP contribution >= 0.6 is 0 Å². The molecule has 0 N–H and O–H groups in total. The number of benzene rings is 1. The average molecular weight is 288 g/mol. The van der Waals surface area contributed by atoms with Gasteiger partial charge in [0, 0.05) is 36.1 Å². The highest BCUT2D eigenvalue weighted by Crippen LogP contribution is 2.30. The van der Waals surface area contributed by atoms with Gasteiger partial charge in [0.1, 0.15) is 11.6 Å². The summed E-state index contributed by atoms with van der Waals surface area (Å²) in [6.07, 6.45) is 3.57. The van der Waals surface area contributed by atoms with Gasteiger partial charge in [-0.3, -0.25) is 9.88 Å². The molecule has 21 heavy (non-hydrogen) atoms. The van der Waals surface area contributed by atoms with E-state index in [-0.39, 0.29) is 5.82 Å². The number of nitrogens with zero attached hydrogens (tertiary/aromatic N) is 2. The second kappa shape index (κ2) is 6.68. The summed E-state index contributed by atoms with van der Waals surface area (Å²) >= 11 is 0. The van der Waals surface area contributed by atoms with Gasteiger partial charge in [0.15, 0.2) is 0 Å². The van der Waals surface area contributed by atoms with E-state index < -0.39 is 0 Å². The van der Waals surface area contributed by atoms with Crippen LogP contribution in [0.1, 0.15) is 19.4 Å². The Bertz CT molecular complexity index is 613. The highest BCUT2D eigenvalue weighted by molar-refractivity contribution is 5.70. The molecule has 4 heteroatoms. The van der Waals surface area contributed by atoms with Crippen molar-refractivity contribution in [3.05, 3.63) is 48.0 Å². The molecule has 0 aliphatic carbocycles. The number of aromatic nitrogens is 1. The normalized spacial score (nSPS) is 11.2. The smallest absolute Gasteiger partial charge is 0.126 e. The molecule has 1 aromatic heterocycles. The highest BCUT2D eigenvalue weighted by atomic mass is 19.1. The van der Waals surface area contributed by atoms with E-state index >= 15 is 0 Å². The zero-order chi connectivity index (χ0) is 15.4. The molecule has 0 saturated heterocycles. The summed E-state index contributed by atoms with van der Waals surface area (Å²) in [6, 6.07) is 7.00. The zero-order valence-corrected chi connectivity index (χ0v) is 12.9. The Hall–Kier alpha value is -1.94. The van der Waals surface area contributed by atoms with Gasteiger partial charge in [-0.05, 0) is 50.7 Å². The fraction of sp³-hybridized carbons (Fsp3) is 0.353. The Morgan fingerprint density at radius 3 is 2.67 bits per heavy atom. The number of rotatable bonds is 5. The minimum atomic E-state index is -0.282. The van der Waals surface area contributed by atoms with Gasteiger partial charge < -0.3 is 4.74 Å². The van der Waals surface area contributed by atoms with E-state index in [0.29, 0.717) is 11.8 Å². The van der Waals surface area contributed by atoms with Gasteiger partial charge in [-0.2, -0.15) is 0 Å². The molecule has 2 rings (SSSR count). The lowest BCUT2D eigenvalue weighted by atomic mass is 10.0. The molecule has 1 aromatic carbocycles. The molecule has 0 spiro atoms. The molecule has 112 valence electrons. The standard InChI is InChI=1S/C17H21FN2O/c1-12(2)20(3)11-13-7-14(10-19-9-13)16-8-15(18)5-6-17(16)21-4/h5-10,12H,11H2,1-4H3. The molecule has 0 fully saturated rings. The molecule has 0 bridgehead atoms. The molecule has 3 nitrogen and oxygen atoms in total. The minimum absolute atomic E-state index is 0.282. The largest absolute Gasteiger partial charge is 0.496 e.